The van der Waals surface area contributed by atoms with Gasteiger partial charge in [0.25, 0.3) is 0 Å². The van der Waals surface area contributed by atoms with E-state index in [4.69, 9.17) is 30.1 Å². The van der Waals surface area contributed by atoms with Gasteiger partial charge in [-0.3, -0.25) is 24.1 Å². The van der Waals surface area contributed by atoms with E-state index in [1.165, 1.54) is 30.7 Å². The molecule has 2 heterocycles. The SMILES string of the molecule is C#CCOc1ccc(CC(NC(=O)[C@H](Cc2ccc3ccccc3c2)NC(=O)[C@@H]2C[C@H](n3cc(COc4ccc(C[C@H](NC(=O)OCC5c6ccccc6-c6ccccc65)C(=O)OC)cc4)nn3)CN2C(=O)[C@@H](NC(=O)[C@H](C)N(C)C(=O)OC(C)(C)C)C(C)(C)C)C(=O)O)cc1. The minimum absolute atomic E-state index is 0.0322. The van der Waals surface area contributed by atoms with Crippen LogP contribution in [0.1, 0.15) is 100 Å². The van der Waals surface area contributed by atoms with Gasteiger partial charge < -0.3 is 55.0 Å². The molecule has 9 rings (SSSR count). The molecule has 502 valence electrons. The maximum absolute atomic E-state index is 15.4. The molecule has 23 nitrogen and oxygen atoms in total. The summed E-state index contributed by atoms with van der Waals surface area (Å²) < 4.78 is 29.4. The molecule has 1 fully saturated rings. The first-order chi connectivity index (χ1) is 45.8. The number of fused-ring (bicyclic) bond motifs is 4. The number of ether oxygens (including phenoxy) is 5. The highest BCUT2D eigenvalue weighted by Gasteiger charge is 2.47. The third-order valence-electron chi connectivity index (χ3n) is 16.9. The number of terminal acetylenes is 1. The monoisotopic (exact) mass is 1310 g/mol. The smallest absolute Gasteiger partial charge is 0.410 e. The Bertz CT molecular complexity index is 3980. The molecule has 1 saturated heterocycles. The molecule has 1 unspecified atom stereocenters. The lowest BCUT2D eigenvalue weighted by Gasteiger charge is -2.37. The van der Waals surface area contributed by atoms with E-state index >= 15 is 9.59 Å². The fourth-order valence-corrected chi connectivity index (χ4v) is 11.7. The van der Waals surface area contributed by atoms with Crippen LogP contribution in [-0.4, -0.2) is 153 Å². The molecule has 1 aliphatic carbocycles. The van der Waals surface area contributed by atoms with Gasteiger partial charge in [0.2, 0.25) is 23.6 Å². The summed E-state index contributed by atoms with van der Waals surface area (Å²) in [6, 6.07) is 34.2. The lowest BCUT2D eigenvalue weighted by atomic mass is 9.85. The Morgan fingerprint density at radius 2 is 1.28 bits per heavy atom. The first kappa shape index (κ1) is 69.6. The highest BCUT2D eigenvalue weighted by Crippen LogP contribution is 2.44. The summed E-state index contributed by atoms with van der Waals surface area (Å²) in [5, 5.41) is 32.2. The number of esters is 1. The number of aliphatic carboxylic acids is 1. The number of benzene rings is 6. The molecule has 23 heteroatoms. The van der Waals surface area contributed by atoms with E-state index in [2.05, 4.69) is 37.5 Å². The number of aromatic nitrogens is 3. The number of nitrogens with zero attached hydrogens (tertiary/aromatic N) is 5. The standard InChI is InChI=1S/C73H81N9O14/c1-11-34-93-52-30-25-45(26-31-52)36-60(68(87)88)75-65(84)59(38-47-24-29-48-18-12-13-19-49(48)35-47)74-66(85)62-39-51(41-81(62)67(86)63(72(3,4)5)77-64(83)44(2)80(9)71(91)96-73(6,7)8)82-40-50(78-79-82)42-94-53-32-27-46(28-33-53)37-61(69(89)92-10)76-70(90)95-43-58-56-22-16-14-20-54(56)55-21-15-17-23-57(55)58/h1,12-33,35,40,44,51,58-63H,34,36-39,41-43H2,2-10H3,(H,74,85)(H,75,84)(H,76,90)(H,77,83)(H,87,88)/t44-,51-,59-,60?,61-,62-,63+/m0/s1. The maximum atomic E-state index is 15.4. The number of rotatable bonds is 25. The van der Waals surface area contributed by atoms with Crippen LogP contribution in [0.4, 0.5) is 9.59 Å². The molecule has 1 aliphatic heterocycles. The molecule has 96 heavy (non-hydrogen) atoms. The van der Waals surface area contributed by atoms with E-state index in [9.17, 15) is 33.9 Å². The van der Waals surface area contributed by atoms with E-state index in [1.54, 1.807) is 96.3 Å². The Labute approximate surface area is 557 Å². The molecular weight excluding hydrogens is 1230 g/mol. The van der Waals surface area contributed by atoms with Gasteiger partial charge in [-0.05, 0) is 107 Å². The Morgan fingerprint density at radius 1 is 0.698 bits per heavy atom. The van der Waals surface area contributed by atoms with Crippen LogP contribution in [0.5, 0.6) is 11.5 Å². The number of carbonyl (C=O) groups is 8. The number of nitrogens with one attached hydrogen (secondary N) is 4. The zero-order valence-electron chi connectivity index (χ0n) is 55.2. The van der Waals surface area contributed by atoms with Gasteiger partial charge in [-0.2, -0.15) is 0 Å². The summed E-state index contributed by atoms with van der Waals surface area (Å²) in [5.74, 6) is -1.77. The molecule has 5 N–H and O–H groups in total. The Balaban J connectivity index is 0.919. The fraction of sp³-hybridized carbons (Fsp3) is 0.370. The average molecular weight is 1310 g/mol. The minimum Gasteiger partial charge on any atom is -0.487 e. The normalized spacial score (nSPS) is 15.8. The van der Waals surface area contributed by atoms with Gasteiger partial charge >= 0.3 is 24.1 Å². The molecule has 0 bridgehead atoms. The van der Waals surface area contributed by atoms with Crippen LogP contribution < -0.4 is 30.7 Å². The lowest BCUT2D eigenvalue weighted by Crippen LogP contribution is -2.61. The lowest BCUT2D eigenvalue weighted by molar-refractivity contribution is -0.145. The molecule has 0 radical (unpaired) electrons. The Hall–Kier alpha value is -10.8. The number of hydrogen-bond donors (Lipinski definition) is 5. The van der Waals surface area contributed by atoms with Crippen molar-refractivity contribution < 1.29 is 67.1 Å². The van der Waals surface area contributed by atoms with E-state index in [-0.39, 0.29) is 58.0 Å². The maximum Gasteiger partial charge on any atom is 0.410 e. The Kier molecular flexibility index (Phi) is 22.1. The van der Waals surface area contributed by atoms with Crippen LogP contribution in [0.3, 0.4) is 0 Å². The number of alkyl carbamates (subject to hydrolysis) is 1. The van der Waals surface area contributed by atoms with Gasteiger partial charge in [0, 0.05) is 45.2 Å². The van der Waals surface area contributed by atoms with E-state index in [0.717, 1.165) is 37.9 Å². The number of likely N-dealkylation sites (N-methyl/N-ethyl adjacent to an activating group) is 1. The molecular formula is C73H81N9O14. The number of likely N-dealkylation sites (tertiary alicyclic amines) is 1. The van der Waals surface area contributed by atoms with Crippen LogP contribution >= 0.6 is 0 Å². The largest absolute Gasteiger partial charge is 0.487 e. The fourth-order valence-electron chi connectivity index (χ4n) is 11.7. The zero-order valence-corrected chi connectivity index (χ0v) is 55.2. The molecule has 0 spiro atoms. The van der Waals surface area contributed by atoms with Gasteiger partial charge in [-0.15, -0.1) is 11.5 Å². The molecule has 7 atom stereocenters. The number of carbonyl (C=O) groups excluding carboxylic acids is 7. The number of amides is 6. The van der Waals surface area contributed by atoms with Gasteiger partial charge in [0.15, 0.2) is 0 Å². The van der Waals surface area contributed by atoms with Crippen molar-refractivity contribution in [3.05, 3.63) is 179 Å². The van der Waals surface area contributed by atoms with Crippen LogP contribution in [0.25, 0.3) is 21.9 Å². The number of methoxy groups -OCH3 is 1. The number of hydrogen-bond acceptors (Lipinski definition) is 15. The summed E-state index contributed by atoms with van der Waals surface area (Å²) >= 11 is 0. The second-order valence-corrected chi connectivity index (χ2v) is 26.0. The molecule has 1 aromatic heterocycles. The van der Waals surface area contributed by atoms with E-state index in [1.807, 2.05) is 91.0 Å². The van der Waals surface area contributed by atoms with Gasteiger partial charge in [-0.25, -0.2) is 23.9 Å². The van der Waals surface area contributed by atoms with Crippen LogP contribution in [-0.2, 0) is 68.8 Å². The van der Waals surface area contributed by atoms with Crippen molar-refractivity contribution in [2.45, 2.75) is 135 Å². The number of carboxylic acids is 1. The van der Waals surface area contributed by atoms with E-state index < -0.39 is 101 Å². The topological polar surface area (TPSA) is 288 Å². The van der Waals surface area contributed by atoms with Crippen LogP contribution in [0.2, 0.25) is 0 Å². The molecule has 6 amide bonds. The summed E-state index contributed by atoms with van der Waals surface area (Å²) in [5.41, 5.74) is 4.65. The molecule has 2 aliphatic rings. The molecule has 7 aromatic rings. The summed E-state index contributed by atoms with van der Waals surface area (Å²) in [6.45, 7) is 11.7. The summed E-state index contributed by atoms with van der Waals surface area (Å²) in [7, 11) is 2.65. The van der Waals surface area contributed by atoms with Crippen molar-refractivity contribution in [1.29, 1.82) is 0 Å². The van der Waals surface area contributed by atoms with Crippen molar-refractivity contribution >= 4 is 58.5 Å². The second-order valence-electron chi connectivity index (χ2n) is 26.0. The van der Waals surface area contributed by atoms with Crippen molar-refractivity contribution in [3.63, 3.8) is 0 Å². The van der Waals surface area contributed by atoms with Crippen LogP contribution in [0, 0.1) is 17.8 Å². The van der Waals surface area contributed by atoms with Gasteiger partial charge in [0.1, 0.15) is 78.9 Å². The summed E-state index contributed by atoms with van der Waals surface area (Å²) in [6.07, 6.45) is 5.22. The minimum atomic E-state index is -1.45. The quantitative estimate of drug-likeness (QED) is 0.0205. The van der Waals surface area contributed by atoms with E-state index in [0.29, 0.717) is 33.9 Å². The van der Waals surface area contributed by atoms with Crippen LogP contribution in [0.15, 0.2) is 146 Å². The predicted octanol–water partition coefficient (Wildman–Crippen LogP) is 8.11. The van der Waals surface area contributed by atoms with Crippen molar-refractivity contribution in [2.75, 3.05) is 33.9 Å². The first-order valence-electron chi connectivity index (χ1n) is 31.6. The highest BCUT2D eigenvalue weighted by molar-refractivity contribution is 5.97. The van der Waals surface area contributed by atoms with Gasteiger partial charge in [-0.1, -0.05) is 147 Å². The Morgan fingerprint density at radius 3 is 1.89 bits per heavy atom. The number of carboxylic acid groups (broad SMARTS) is 1. The highest BCUT2D eigenvalue weighted by atomic mass is 16.6. The molecule has 6 aromatic carbocycles. The molecule has 0 saturated carbocycles. The summed E-state index contributed by atoms with van der Waals surface area (Å²) in [4.78, 5) is 114. The third kappa shape index (κ3) is 17.5. The zero-order chi connectivity index (χ0) is 69.0. The van der Waals surface area contributed by atoms with Crippen molar-refractivity contribution in [1.82, 2.24) is 46.1 Å². The third-order valence-corrected chi connectivity index (χ3v) is 16.9. The first-order valence-corrected chi connectivity index (χ1v) is 31.6. The van der Waals surface area contributed by atoms with Crippen molar-refractivity contribution in [2.24, 2.45) is 5.41 Å². The second kappa shape index (κ2) is 30.5. The average Bonchev–Trinajstić information content (AvgIpc) is 1.52. The predicted molar refractivity (Wildman–Crippen MR) is 356 cm³/mol. The van der Waals surface area contributed by atoms with Crippen molar-refractivity contribution in [3.8, 4) is 35.0 Å². The van der Waals surface area contributed by atoms with Gasteiger partial charge in [0.05, 0.1) is 19.3 Å².